The Morgan fingerprint density at radius 1 is 1.11 bits per heavy atom. The third-order valence-electron chi connectivity index (χ3n) is 4.44. The minimum Gasteiger partial charge on any atom is -0.490 e. The average molecular weight is 409 g/mol. The summed E-state index contributed by atoms with van der Waals surface area (Å²) in [6.07, 6.45) is 5.41. The van der Waals surface area contributed by atoms with Gasteiger partial charge in [0.05, 0.1) is 27.3 Å². The van der Waals surface area contributed by atoms with Crippen molar-refractivity contribution in [3.8, 4) is 5.75 Å². The van der Waals surface area contributed by atoms with Gasteiger partial charge in [-0.1, -0.05) is 29.6 Å². The number of hydrogen-bond acceptors (Lipinski definition) is 4. The molecule has 1 aliphatic carbocycles. The molecule has 3 rings (SSSR count). The fourth-order valence-electron chi connectivity index (χ4n) is 3.05. The summed E-state index contributed by atoms with van der Waals surface area (Å²) >= 11 is 12.1. The van der Waals surface area contributed by atoms with Crippen LogP contribution in [-0.2, 0) is 0 Å². The molecule has 0 spiro atoms. The van der Waals surface area contributed by atoms with Crippen LogP contribution < -0.4 is 10.1 Å². The van der Waals surface area contributed by atoms with Crippen LogP contribution in [0.4, 0.5) is 11.4 Å². The molecule has 1 aliphatic rings. The number of benzene rings is 2. The van der Waals surface area contributed by atoms with Gasteiger partial charge in [-0.2, -0.15) is 0 Å². The molecule has 0 radical (unpaired) electrons. The first kappa shape index (κ1) is 19.5. The van der Waals surface area contributed by atoms with E-state index >= 15 is 0 Å². The van der Waals surface area contributed by atoms with E-state index in [1.54, 1.807) is 12.1 Å². The van der Waals surface area contributed by atoms with Crippen LogP contribution in [0.5, 0.6) is 5.75 Å². The quantitative estimate of drug-likeness (QED) is 0.495. The third-order valence-corrected chi connectivity index (χ3v) is 4.99. The van der Waals surface area contributed by atoms with Crippen molar-refractivity contribution in [2.75, 3.05) is 5.32 Å². The summed E-state index contributed by atoms with van der Waals surface area (Å²) in [6, 6.07) is 8.76. The first-order valence-corrected chi connectivity index (χ1v) is 9.41. The number of amides is 1. The molecule has 27 heavy (non-hydrogen) atoms. The molecule has 6 nitrogen and oxygen atoms in total. The van der Waals surface area contributed by atoms with E-state index in [0.29, 0.717) is 16.3 Å². The summed E-state index contributed by atoms with van der Waals surface area (Å²) in [5, 5.41) is 14.0. The number of carbonyl (C=O) groups excluding carboxylic acids is 1. The number of rotatable bonds is 5. The van der Waals surface area contributed by atoms with Crippen LogP contribution in [0.3, 0.4) is 0 Å². The van der Waals surface area contributed by atoms with E-state index in [1.807, 2.05) is 0 Å². The molecule has 1 fully saturated rings. The van der Waals surface area contributed by atoms with Gasteiger partial charge < -0.3 is 10.1 Å². The van der Waals surface area contributed by atoms with Crippen molar-refractivity contribution in [1.82, 2.24) is 0 Å². The Bertz CT molecular complexity index is 867. The molecule has 2 aromatic carbocycles. The molecule has 0 atom stereocenters. The van der Waals surface area contributed by atoms with Crippen molar-refractivity contribution < 1.29 is 14.5 Å². The SMILES string of the molecule is O=C(Nc1ccc([N+](=O)[O-])cc1Cl)c1cc(Cl)ccc1OC1CCCCC1. The number of halogens is 2. The summed E-state index contributed by atoms with van der Waals surface area (Å²) < 4.78 is 6.04. The number of hydrogen-bond donors (Lipinski definition) is 1. The second-order valence-corrected chi connectivity index (χ2v) is 7.24. The maximum Gasteiger partial charge on any atom is 0.271 e. The lowest BCUT2D eigenvalue weighted by Crippen LogP contribution is -2.22. The van der Waals surface area contributed by atoms with Crippen LogP contribution in [0.25, 0.3) is 0 Å². The minimum atomic E-state index is -0.551. The van der Waals surface area contributed by atoms with Crippen molar-refractivity contribution in [2.45, 2.75) is 38.2 Å². The number of carbonyl (C=O) groups is 1. The second-order valence-electron chi connectivity index (χ2n) is 6.39. The minimum absolute atomic E-state index is 0.0781. The lowest BCUT2D eigenvalue weighted by molar-refractivity contribution is -0.384. The molecule has 0 bridgehead atoms. The van der Waals surface area contributed by atoms with Crippen LogP contribution in [-0.4, -0.2) is 16.9 Å². The fourth-order valence-corrected chi connectivity index (χ4v) is 3.45. The summed E-state index contributed by atoms with van der Waals surface area (Å²) in [5.74, 6) is 0.0147. The lowest BCUT2D eigenvalue weighted by atomic mass is 9.97. The Kier molecular flexibility index (Phi) is 6.19. The van der Waals surface area contributed by atoms with Crippen molar-refractivity contribution in [1.29, 1.82) is 0 Å². The highest BCUT2D eigenvalue weighted by Crippen LogP contribution is 2.31. The van der Waals surface area contributed by atoms with Gasteiger partial charge in [0.2, 0.25) is 0 Å². The molecule has 0 aromatic heterocycles. The van der Waals surface area contributed by atoms with E-state index in [4.69, 9.17) is 27.9 Å². The smallest absolute Gasteiger partial charge is 0.271 e. The highest BCUT2D eigenvalue weighted by molar-refractivity contribution is 6.34. The average Bonchev–Trinajstić information content (AvgIpc) is 2.65. The van der Waals surface area contributed by atoms with Crippen molar-refractivity contribution in [3.05, 3.63) is 62.1 Å². The molecular formula is C19H18Cl2N2O4. The molecule has 0 heterocycles. The van der Waals surface area contributed by atoms with Crippen LogP contribution in [0.2, 0.25) is 10.0 Å². The lowest BCUT2D eigenvalue weighted by Gasteiger charge is -2.24. The monoisotopic (exact) mass is 408 g/mol. The standard InChI is InChI=1S/C19H18Cl2N2O4/c20-12-6-9-18(27-14-4-2-1-3-5-14)15(10-12)19(24)22-17-8-7-13(23(25)26)11-16(17)21/h6-11,14H,1-5H2,(H,22,24). The van der Waals surface area contributed by atoms with E-state index in [1.165, 1.54) is 30.7 Å². The maximum atomic E-state index is 12.8. The molecule has 142 valence electrons. The summed E-state index contributed by atoms with van der Waals surface area (Å²) in [5.41, 5.74) is 0.417. The van der Waals surface area contributed by atoms with E-state index in [0.717, 1.165) is 25.7 Å². The Morgan fingerprint density at radius 2 is 1.85 bits per heavy atom. The number of nitrogens with one attached hydrogen (secondary N) is 1. The van der Waals surface area contributed by atoms with E-state index in [9.17, 15) is 14.9 Å². The van der Waals surface area contributed by atoms with Gasteiger partial charge in [-0.15, -0.1) is 0 Å². The zero-order chi connectivity index (χ0) is 19.4. The van der Waals surface area contributed by atoms with Gasteiger partial charge in [-0.25, -0.2) is 0 Å². The van der Waals surface area contributed by atoms with E-state index in [-0.39, 0.29) is 22.5 Å². The first-order valence-electron chi connectivity index (χ1n) is 8.65. The Labute approximate surface area is 166 Å². The van der Waals surface area contributed by atoms with Crippen LogP contribution in [0, 0.1) is 10.1 Å². The fraction of sp³-hybridized carbons (Fsp3) is 0.316. The maximum absolute atomic E-state index is 12.8. The molecule has 1 amide bonds. The molecule has 8 heteroatoms. The number of nitrogens with zero attached hydrogens (tertiary/aromatic N) is 1. The third kappa shape index (κ3) is 4.90. The largest absolute Gasteiger partial charge is 0.490 e. The van der Waals surface area contributed by atoms with Gasteiger partial charge in [0.25, 0.3) is 11.6 Å². The summed E-state index contributed by atoms with van der Waals surface area (Å²) in [4.78, 5) is 23.0. The van der Waals surface area contributed by atoms with Crippen LogP contribution >= 0.6 is 23.2 Å². The molecule has 0 saturated heterocycles. The molecular weight excluding hydrogens is 391 g/mol. The zero-order valence-electron chi connectivity index (χ0n) is 14.4. The topological polar surface area (TPSA) is 81.5 Å². The Morgan fingerprint density at radius 3 is 2.52 bits per heavy atom. The number of non-ortho nitro benzene ring substituents is 1. The van der Waals surface area contributed by atoms with Crippen molar-refractivity contribution in [2.24, 2.45) is 0 Å². The molecule has 0 unspecified atom stereocenters. The number of nitro benzene ring substituents is 1. The molecule has 0 aliphatic heterocycles. The van der Waals surface area contributed by atoms with Gasteiger partial charge in [-0.05, 0) is 49.9 Å². The van der Waals surface area contributed by atoms with Gasteiger partial charge in [0, 0.05) is 17.2 Å². The van der Waals surface area contributed by atoms with Crippen LogP contribution in [0.1, 0.15) is 42.5 Å². The number of anilines is 1. The molecule has 1 N–H and O–H groups in total. The number of ether oxygens (including phenoxy) is 1. The predicted molar refractivity (Wildman–Crippen MR) is 105 cm³/mol. The molecule has 2 aromatic rings. The van der Waals surface area contributed by atoms with Crippen LogP contribution in [0.15, 0.2) is 36.4 Å². The summed E-state index contributed by atoms with van der Waals surface area (Å²) in [7, 11) is 0. The van der Waals surface area contributed by atoms with Gasteiger partial charge in [-0.3, -0.25) is 14.9 Å². The second kappa shape index (κ2) is 8.59. The Hall–Kier alpha value is -2.31. The predicted octanol–water partition coefficient (Wildman–Crippen LogP) is 5.87. The van der Waals surface area contributed by atoms with Crippen molar-refractivity contribution >= 4 is 40.5 Å². The molecule has 1 saturated carbocycles. The van der Waals surface area contributed by atoms with Crippen molar-refractivity contribution in [3.63, 3.8) is 0 Å². The first-order chi connectivity index (χ1) is 12.9. The highest BCUT2D eigenvalue weighted by Gasteiger charge is 2.20. The summed E-state index contributed by atoms with van der Waals surface area (Å²) in [6.45, 7) is 0. The number of nitro groups is 1. The van der Waals surface area contributed by atoms with Gasteiger partial charge >= 0.3 is 0 Å². The normalized spacial score (nSPS) is 14.6. The zero-order valence-corrected chi connectivity index (χ0v) is 15.9. The van der Waals surface area contributed by atoms with E-state index < -0.39 is 10.8 Å². The van der Waals surface area contributed by atoms with Gasteiger partial charge in [0.1, 0.15) is 5.75 Å². The van der Waals surface area contributed by atoms with E-state index in [2.05, 4.69) is 5.32 Å². The highest BCUT2D eigenvalue weighted by atomic mass is 35.5. The van der Waals surface area contributed by atoms with Gasteiger partial charge in [0.15, 0.2) is 0 Å². The Balaban J connectivity index is 1.81.